The fourth-order valence-electron chi connectivity index (χ4n) is 2.26. The number of alkyl halides is 3. The molecule has 0 radical (unpaired) electrons. The standard InChI is InChI=1S/C17H13F4N5/c1-10(26-16-22-5-2-6-23-16)15-24-8-12(9-25-15)11-3-4-14(18)13(7-11)17(19,20)21/h2-10H,1H3,(H,22,23,26)/t10-/m0/s1. The molecule has 0 spiro atoms. The largest absolute Gasteiger partial charge is 0.419 e. The maximum Gasteiger partial charge on any atom is 0.419 e. The molecule has 3 aromatic rings. The number of nitrogens with one attached hydrogen (secondary N) is 1. The predicted octanol–water partition coefficient (Wildman–Crippen LogP) is 4.26. The highest BCUT2D eigenvalue weighted by Crippen LogP contribution is 2.34. The Bertz CT molecular complexity index is 882. The van der Waals surface area contributed by atoms with E-state index in [0.29, 0.717) is 17.3 Å². The van der Waals surface area contributed by atoms with Gasteiger partial charge < -0.3 is 5.32 Å². The van der Waals surface area contributed by atoms with Crippen molar-refractivity contribution in [3.05, 3.63) is 66.3 Å². The molecule has 5 nitrogen and oxygen atoms in total. The van der Waals surface area contributed by atoms with Crippen molar-refractivity contribution in [1.29, 1.82) is 0 Å². The summed E-state index contributed by atoms with van der Waals surface area (Å²) < 4.78 is 51.9. The molecule has 134 valence electrons. The summed E-state index contributed by atoms with van der Waals surface area (Å²) in [5.41, 5.74) is -0.796. The Morgan fingerprint density at radius 1 is 0.962 bits per heavy atom. The van der Waals surface area contributed by atoms with Crippen molar-refractivity contribution in [1.82, 2.24) is 19.9 Å². The lowest BCUT2D eigenvalue weighted by atomic mass is 10.0. The Labute approximate surface area is 146 Å². The lowest BCUT2D eigenvalue weighted by molar-refractivity contribution is -0.139. The Kier molecular flexibility index (Phi) is 4.79. The van der Waals surface area contributed by atoms with Gasteiger partial charge in [0, 0.05) is 30.4 Å². The number of halogens is 4. The first kappa shape index (κ1) is 17.7. The first-order chi connectivity index (χ1) is 12.3. The molecule has 0 aliphatic carbocycles. The van der Waals surface area contributed by atoms with Gasteiger partial charge in [0.2, 0.25) is 5.95 Å². The van der Waals surface area contributed by atoms with Gasteiger partial charge in [-0.05, 0) is 30.7 Å². The molecule has 0 bridgehead atoms. The van der Waals surface area contributed by atoms with Crippen LogP contribution in [0.4, 0.5) is 23.5 Å². The first-order valence-corrected chi connectivity index (χ1v) is 7.57. The molecule has 1 atom stereocenters. The van der Waals surface area contributed by atoms with E-state index in [4.69, 9.17) is 0 Å². The third-order valence-corrected chi connectivity index (χ3v) is 3.58. The number of rotatable bonds is 4. The van der Waals surface area contributed by atoms with Crippen LogP contribution in [0, 0.1) is 5.82 Å². The second kappa shape index (κ2) is 7.03. The summed E-state index contributed by atoms with van der Waals surface area (Å²) in [6, 6.07) is 4.14. The molecule has 0 aliphatic heterocycles. The van der Waals surface area contributed by atoms with Crippen LogP contribution in [0.15, 0.2) is 49.1 Å². The summed E-state index contributed by atoms with van der Waals surface area (Å²) in [6.07, 6.45) is 1.17. The van der Waals surface area contributed by atoms with E-state index in [2.05, 4.69) is 25.3 Å². The van der Waals surface area contributed by atoms with Crippen LogP contribution in [0.1, 0.15) is 24.4 Å². The Morgan fingerprint density at radius 3 is 2.23 bits per heavy atom. The molecule has 1 aromatic carbocycles. The molecular formula is C17H13F4N5. The van der Waals surface area contributed by atoms with E-state index in [0.717, 1.165) is 12.1 Å². The van der Waals surface area contributed by atoms with Crippen molar-refractivity contribution in [2.45, 2.75) is 19.1 Å². The van der Waals surface area contributed by atoms with Gasteiger partial charge in [0.05, 0.1) is 11.6 Å². The van der Waals surface area contributed by atoms with E-state index in [1.807, 2.05) is 0 Å². The van der Waals surface area contributed by atoms with Crippen LogP contribution in [-0.4, -0.2) is 19.9 Å². The first-order valence-electron chi connectivity index (χ1n) is 7.57. The second-order valence-electron chi connectivity index (χ2n) is 5.46. The molecule has 0 fully saturated rings. The summed E-state index contributed by atoms with van der Waals surface area (Å²) in [7, 11) is 0. The third kappa shape index (κ3) is 3.93. The lowest BCUT2D eigenvalue weighted by Crippen LogP contribution is -2.12. The fraction of sp³-hybridized carbons (Fsp3) is 0.176. The normalized spacial score (nSPS) is 12.7. The number of aromatic nitrogens is 4. The highest BCUT2D eigenvalue weighted by molar-refractivity contribution is 5.62. The van der Waals surface area contributed by atoms with Crippen molar-refractivity contribution in [2.24, 2.45) is 0 Å². The molecule has 2 aromatic heterocycles. The summed E-state index contributed by atoms with van der Waals surface area (Å²) in [4.78, 5) is 16.4. The molecule has 9 heteroatoms. The van der Waals surface area contributed by atoms with Crippen LogP contribution >= 0.6 is 0 Å². The highest BCUT2D eigenvalue weighted by Gasteiger charge is 2.34. The van der Waals surface area contributed by atoms with Gasteiger partial charge in [-0.25, -0.2) is 24.3 Å². The zero-order chi connectivity index (χ0) is 18.7. The molecule has 0 saturated heterocycles. The van der Waals surface area contributed by atoms with E-state index in [1.54, 1.807) is 25.4 Å². The van der Waals surface area contributed by atoms with E-state index in [1.165, 1.54) is 18.5 Å². The number of anilines is 1. The van der Waals surface area contributed by atoms with Gasteiger partial charge in [0.1, 0.15) is 11.6 Å². The van der Waals surface area contributed by atoms with Gasteiger partial charge in [-0.1, -0.05) is 6.07 Å². The van der Waals surface area contributed by atoms with Gasteiger partial charge in [-0.3, -0.25) is 0 Å². The van der Waals surface area contributed by atoms with Crippen molar-refractivity contribution in [3.8, 4) is 11.1 Å². The topological polar surface area (TPSA) is 63.6 Å². The second-order valence-corrected chi connectivity index (χ2v) is 5.46. The Morgan fingerprint density at radius 2 is 1.62 bits per heavy atom. The Hall–Kier alpha value is -3.10. The lowest BCUT2D eigenvalue weighted by Gasteiger charge is -2.13. The zero-order valence-electron chi connectivity index (χ0n) is 13.5. The molecular weight excluding hydrogens is 350 g/mol. The monoisotopic (exact) mass is 363 g/mol. The zero-order valence-corrected chi connectivity index (χ0v) is 13.5. The van der Waals surface area contributed by atoms with E-state index >= 15 is 0 Å². The minimum atomic E-state index is -4.77. The molecule has 0 aliphatic rings. The molecule has 2 heterocycles. The van der Waals surface area contributed by atoms with Crippen molar-refractivity contribution in [3.63, 3.8) is 0 Å². The van der Waals surface area contributed by atoms with Crippen LogP contribution in [0.3, 0.4) is 0 Å². The maximum atomic E-state index is 13.4. The van der Waals surface area contributed by atoms with Gasteiger partial charge >= 0.3 is 6.18 Å². The number of hydrogen-bond donors (Lipinski definition) is 1. The fourth-order valence-corrected chi connectivity index (χ4v) is 2.26. The summed E-state index contributed by atoms with van der Waals surface area (Å²) in [5, 5.41) is 3.01. The predicted molar refractivity (Wildman–Crippen MR) is 86.5 cm³/mol. The SMILES string of the molecule is C[C@H](Nc1ncccn1)c1ncc(-c2ccc(F)c(C(F)(F)F)c2)cn1. The third-order valence-electron chi connectivity index (χ3n) is 3.58. The quantitative estimate of drug-likeness (QED) is 0.702. The summed E-state index contributed by atoms with van der Waals surface area (Å²) in [5.74, 6) is -0.500. The van der Waals surface area contributed by atoms with E-state index in [9.17, 15) is 17.6 Å². The highest BCUT2D eigenvalue weighted by atomic mass is 19.4. The van der Waals surface area contributed by atoms with Gasteiger partial charge in [0.25, 0.3) is 0 Å². The van der Waals surface area contributed by atoms with Crippen molar-refractivity contribution in [2.75, 3.05) is 5.32 Å². The minimum Gasteiger partial charge on any atom is -0.344 e. The van der Waals surface area contributed by atoms with E-state index < -0.39 is 17.6 Å². The summed E-state index contributed by atoms with van der Waals surface area (Å²) >= 11 is 0. The molecule has 1 N–H and O–H groups in total. The molecule has 0 saturated carbocycles. The smallest absolute Gasteiger partial charge is 0.344 e. The van der Waals surface area contributed by atoms with Crippen LogP contribution in [0.2, 0.25) is 0 Å². The molecule has 3 rings (SSSR count). The molecule has 0 unspecified atom stereocenters. The minimum absolute atomic E-state index is 0.178. The van der Waals surface area contributed by atoms with Crippen LogP contribution in [0.5, 0.6) is 0 Å². The Balaban J connectivity index is 1.82. The van der Waals surface area contributed by atoms with Crippen LogP contribution < -0.4 is 5.32 Å². The van der Waals surface area contributed by atoms with Gasteiger partial charge in [0.15, 0.2) is 0 Å². The van der Waals surface area contributed by atoms with Crippen LogP contribution in [0.25, 0.3) is 11.1 Å². The average molecular weight is 363 g/mol. The number of nitrogens with zero attached hydrogens (tertiary/aromatic N) is 4. The maximum absolute atomic E-state index is 13.4. The average Bonchev–Trinajstić information content (AvgIpc) is 2.62. The number of benzene rings is 1. The van der Waals surface area contributed by atoms with Gasteiger partial charge in [-0.15, -0.1) is 0 Å². The summed E-state index contributed by atoms with van der Waals surface area (Å²) in [6.45, 7) is 1.80. The van der Waals surface area contributed by atoms with Crippen molar-refractivity contribution < 1.29 is 17.6 Å². The molecule has 26 heavy (non-hydrogen) atoms. The van der Waals surface area contributed by atoms with Gasteiger partial charge in [-0.2, -0.15) is 13.2 Å². The van der Waals surface area contributed by atoms with Crippen LogP contribution in [-0.2, 0) is 6.18 Å². The van der Waals surface area contributed by atoms with E-state index in [-0.39, 0.29) is 11.6 Å². The number of hydrogen-bond acceptors (Lipinski definition) is 5. The molecule has 0 amide bonds. The van der Waals surface area contributed by atoms with Crippen molar-refractivity contribution >= 4 is 5.95 Å².